The zero-order valence-electron chi connectivity index (χ0n) is 20.6. The van der Waals surface area contributed by atoms with Crippen LogP contribution < -0.4 is 9.47 Å². The summed E-state index contributed by atoms with van der Waals surface area (Å²) in [4.78, 5) is 25.9. The van der Waals surface area contributed by atoms with Gasteiger partial charge in [-0.25, -0.2) is 4.39 Å². The van der Waals surface area contributed by atoms with Crippen LogP contribution in [0.5, 0.6) is 11.5 Å². The lowest BCUT2D eigenvalue weighted by molar-refractivity contribution is -0.139. The fraction of sp³-hybridized carbons (Fsp3) is 0.286. The fourth-order valence-electron chi connectivity index (χ4n) is 4.62. The van der Waals surface area contributed by atoms with Crippen molar-refractivity contribution < 1.29 is 41.7 Å². The fourth-order valence-corrected chi connectivity index (χ4v) is 4.62. The van der Waals surface area contributed by atoms with Crippen LogP contribution in [0.15, 0.2) is 60.7 Å². The Labute approximate surface area is 216 Å². The number of fused-ring (bicyclic) bond motifs is 1. The average Bonchev–Trinajstić information content (AvgIpc) is 3.19. The second-order valence-corrected chi connectivity index (χ2v) is 9.42. The van der Waals surface area contributed by atoms with E-state index in [9.17, 15) is 32.3 Å². The molecule has 0 radical (unpaired) electrons. The number of amides is 1. The largest absolute Gasteiger partial charge is 0.493 e. The first-order valence-electron chi connectivity index (χ1n) is 11.7. The van der Waals surface area contributed by atoms with Gasteiger partial charge in [-0.15, -0.1) is 0 Å². The maximum atomic E-state index is 14.3. The molecule has 1 N–H and O–H groups in total. The Balaban J connectivity index is 1.63. The van der Waals surface area contributed by atoms with Gasteiger partial charge in [0, 0.05) is 30.5 Å². The monoisotopic (exact) mass is 531 g/mol. The van der Waals surface area contributed by atoms with Crippen LogP contribution in [-0.4, -0.2) is 41.1 Å². The molecule has 0 bridgehead atoms. The van der Waals surface area contributed by atoms with Crippen molar-refractivity contribution in [3.8, 4) is 11.5 Å². The van der Waals surface area contributed by atoms with Crippen molar-refractivity contribution in [3.05, 3.63) is 94.3 Å². The summed E-state index contributed by atoms with van der Waals surface area (Å²) in [5.74, 6) is -1.76. The van der Waals surface area contributed by atoms with Crippen LogP contribution in [0.4, 0.5) is 17.6 Å². The maximum absolute atomic E-state index is 14.3. The molecule has 1 aliphatic heterocycles. The van der Waals surface area contributed by atoms with Gasteiger partial charge in [-0.2, -0.15) is 13.2 Å². The number of hydrogen-bond acceptors (Lipinski definition) is 4. The molecule has 0 saturated heterocycles. The van der Waals surface area contributed by atoms with Gasteiger partial charge in [0.05, 0.1) is 12.7 Å². The number of methoxy groups -OCH3 is 1. The molecule has 6 nitrogen and oxygen atoms in total. The lowest BCUT2D eigenvalue weighted by Gasteiger charge is -2.24. The van der Waals surface area contributed by atoms with E-state index < -0.39 is 35.8 Å². The normalized spacial score (nSPS) is 16.5. The quantitative estimate of drug-likeness (QED) is 0.388. The van der Waals surface area contributed by atoms with Gasteiger partial charge in [0.2, 0.25) is 0 Å². The molecular formula is C28H25F4NO5. The van der Waals surface area contributed by atoms with E-state index in [4.69, 9.17) is 9.47 Å². The van der Waals surface area contributed by atoms with Crippen LogP contribution in [0.3, 0.4) is 0 Å². The standard InChI is InChI=1S/C28H25F4NO5/c1-27(13-18-7-3-4-9-22(18)29)14-20-11-19(12-23(37-2)25(20)38-27)26(36)33(16-24(34)35)15-17-6-5-8-21(10-17)28(30,31)32/h3-12H,13-16H2,1-2H3,(H,34,35)/t27-/m0/s1. The predicted octanol–water partition coefficient (Wildman–Crippen LogP) is 5.52. The number of hydrogen-bond donors (Lipinski definition) is 1. The number of carboxylic acid groups (broad SMARTS) is 1. The van der Waals surface area contributed by atoms with Gasteiger partial charge in [-0.1, -0.05) is 30.3 Å². The van der Waals surface area contributed by atoms with Crippen molar-refractivity contribution in [1.82, 2.24) is 4.90 Å². The summed E-state index contributed by atoms with van der Waals surface area (Å²) in [5, 5.41) is 9.38. The highest BCUT2D eigenvalue weighted by Crippen LogP contribution is 2.44. The highest BCUT2D eigenvalue weighted by atomic mass is 19.4. The first kappa shape index (κ1) is 27.0. The highest BCUT2D eigenvalue weighted by Gasteiger charge is 2.38. The lowest BCUT2D eigenvalue weighted by Crippen LogP contribution is -2.35. The second-order valence-electron chi connectivity index (χ2n) is 9.42. The summed E-state index contributed by atoms with van der Waals surface area (Å²) >= 11 is 0. The zero-order valence-corrected chi connectivity index (χ0v) is 20.6. The average molecular weight is 532 g/mol. The number of alkyl halides is 3. The number of carbonyl (C=O) groups excluding carboxylic acids is 1. The summed E-state index contributed by atoms with van der Waals surface area (Å²) in [5.41, 5.74) is -0.440. The first-order valence-corrected chi connectivity index (χ1v) is 11.7. The van der Waals surface area contributed by atoms with Crippen LogP contribution >= 0.6 is 0 Å². The number of carbonyl (C=O) groups is 2. The molecule has 10 heteroatoms. The third-order valence-electron chi connectivity index (χ3n) is 6.27. The van der Waals surface area contributed by atoms with Gasteiger partial charge in [-0.05, 0) is 48.4 Å². The second kappa shape index (κ2) is 10.4. The maximum Gasteiger partial charge on any atom is 0.416 e. The topological polar surface area (TPSA) is 76.1 Å². The SMILES string of the molecule is COc1cc(C(=O)N(CC(=O)O)Cc2cccc(C(F)(F)F)c2)cc2c1O[C@@](C)(Cc1ccccc1F)C2. The van der Waals surface area contributed by atoms with Gasteiger partial charge in [0.1, 0.15) is 18.0 Å². The first-order chi connectivity index (χ1) is 17.9. The molecule has 0 spiro atoms. The van der Waals surface area contributed by atoms with E-state index in [1.807, 2.05) is 6.92 Å². The van der Waals surface area contributed by atoms with Gasteiger partial charge in [0.25, 0.3) is 5.91 Å². The van der Waals surface area contributed by atoms with Crippen LogP contribution in [0.2, 0.25) is 0 Å². The van der Waals surface area contributed by atoms with Crippen molar-refractivity contribution >= 4 is 11.9 Å². The number of benzene rings is 3. The third-order valence-corrected chi connectivity index (χ3v) is 6.27. The van der Waals surface area contributed by atoms with Crippen LogP contribution in [0, 0.1) is 5.82 Å². The number of rotatable bonds is 8. The van der Waals surface area contributed by atoms with Crippen molar-refractivity contribution in [2.45, 2.75) is 38.1 Å². The molecule has 4 rings (SSSR count). The number of aliphatic carboxylic acids is 1. The van der Waals surface area contributed by atoms with E-state index in [0.29, 0.717) is 23.3 Å². The van der Waals surface area contributed by atoms with E-state index in [0.717, 1.165) is 17.0 Å². The zero-order chi connectivity index (χ0) is 27.7. The van der Waals surface area contributed by atoms with Crippen LogP contribution in [-0.2, 0) is 30.4 Å². The van der Waals surface area contributed by atoms with Crippen molar-refractivity contribution in [3.63, 3.8) is 0 Å². The minimum Gasteiger partial charge on any atom is -0.493 e. The van der Waals surface area contributed by atoms with Crippen molar-refractivity contribution in [2.75, 3.05) is 13.7 Å². The summed E-state index contributed by atoms with van der Waals surface area (Å²) < 4.78 is 65.3. The number of ether oxygens (including phenoxy) is 2. The highest BCUT2D eigenvalue weighted by molar-refractivity contribution is 5.97. The third kappa shape index (κ3) is 5.90. The minimum atomic E-state index is -4.58. The molecule has 0 aliphatic carbocycles. The summed E-state index contributed by atoms with van der Waals surface area (Å²) in [6, 6.07) is 13.7. The molecule has 0 unspecified atom stereocenters. The van der Waals surface area contributed by atoms with Gasteiger partial charge >= 0.3 is 12.1 Å². The molecule has 1 aliphatic rings. The lowest BCUT2D eigenvalue weighted by atomic mass is 9.91. The number of halogens is 4. The minimum absolute atomic E-state index is 0.0903. The molecule has 0 saturated carbocycles. The molecule has 200 valence electrons. The van der Waals surface area contributed by atoms with E-state index in [1.165, 1.54) is 31.4 Å². The van der Waals surface area contributed by atoms with Crippen LogP contribution in [0.1, 0.15) is 39.5 Å². The molecular weight excluding hydrogens is 506 g/mol. The summed E-state index contributed by atoms with van der Waals surface area (Å²) in [6.45, 7) is 0.733. The van der Waals surface area contributed by atoms with Crippen molar-refractivity contribution in [1.29, 1.82) is 0 Å². The summed E-state index contributed by atoms with van der Waals surface area (Å²) in [7, 11) is 1.39. The Morgan fingerprint density at radius 3 is 2.50 bits per heavy atom. The molecule has 3 aromatic rings. The van der Waals surface area contributed by atoms with E-state index in [1.54, 1.807) is 24.3 Å². The van der Waals surface area contributed by atoms with Gasteiger partial charge < -0.3 is 19.5 Å². The molecule has 0 fully saturated rings. The molecule has 1 heterocycles. The number of nitrogens with zero attached hydrogens (tertiary/aromatic N) is 1. The van der Waals surface area contributed by atoms with E-state index in [2.05, 4.69) is 0 Å². The Morgan fingerprint density at radius 1 is 1.11 bits per heavy atom. The van der Waals surface area contributed by atoms with Gasteiger partial charge in [0.15, 0.2) is 11.5 Å². The summed E-state index contributed by atoms with van der Waals surface area (Å²) in [6.07, 6.45) is -4.01. The van der Waals surface area contributed by atoms with Crippen LogP contribution in [0.25, 0.3) is 0 Å². The smallest absolute Gasteiger partial charge is 0.416 e. The Kier molecular flexibility index (Phi) is 7.35. The molecule has 3 aromatic carbocycles. The molecule has 1 atom stereocenters. The Bertz CT molecular complexity index is 1370. The van der Waals surface area contributed by atoms with Crippen molar-refractivity contribution in [2.24, 2.45) is 0 Å². The van der Waals surface area contributed by atoms with Gasteiger partial charge in [-0.3, -0.25) is 9.59 Å². The molecule has 0 aromatic heterocycles. The Morgan fingerprint density at radius 2 is 1.84 bits per heavy atom. The number of carboxylic acids is 1. The molecule has 38 heavy (non-hydrogen) atoms. The van der Waals surface area contributed by atoms with E-state index in [-0.39, 0.29) is 35.7 Å². The molecule has 1 amide bonds. The Hall–Kier alpha value is -4.08. The van der Waals surface area contributed by atoms with E-state index >= 15 is 0 Å². The predicted molar refractivity (Wildman–Crippen MR) is 130 cm³/mol.